The fraction of sp³-hybridized carbons (Fsp3) is 0.258. The Hall–Kier alpha value is -4.09. The standard InChI is InChI=1S/C31H29FN4O4S2/c1-2-3-4-7-18-40-23-12-10-20(11-13-23)26-25(27(37)21-14-16-33-17-15-21)28(38)29(39)36(26)30-34-35-31(42-30)41-19-22-8-5-6-9-24(22)32/h5-6,8-17,26,37H,2-4,7,18-19H2,1H3/b27-25+. The Morgan fingerprint density at radius 1 is 1.02 bits per heavy atom. The van der Waals surface area contributed by atoms with Crippen molar-refractivity contribution >= 4 is 45.7 Å². The van der Waals surface area contributed by atoms with Gasteiger partial charge in [0, 0.05) is 23.7 Å². The number of amides is 1. The van der Waals surface area contributed by atoms with E-state index in [1.807, 2.05) is 0 Å². The predicted molar refractivity (Wildman–Crippen MR) is 161 cm³/mol. The number of Topliss-reactive ketones (excluding diaryl/α,β-unsaturated/α-hetero) is 1. The van der Waals surface area contributed by atoms with Crippen molar-refractivity contribution in [2.24, 2.45) is 0 Å². The largest absolute Gasteiger partial charge is 0.507 e. The number of anilines is 1. The minimum atomic E-state index is -0.950. The van der Waals surface area contributed by atoms with E-state index in [2.05, 4.69) is 22.1 Å². The number of carbonyl (C=O) groups is 2. The molecule has 0 radical (unpaired) electrons. The Bertz CT molecular complexity index is 1580. The summed E-state index contributed by atoms with van der Waals surface area (Å²) in [5.41, 5.74) is 1.41. The van der Waals surface area contributed by atoms with Crippen molar-refractivity contribution in [3.8, 4) is 5.75 Å². The van der Waals surface area contributed by atoms with Crippen LogP contribution in [0.4, 0.5) is 9.52 Å². The van der Waals surface area contributed by atoms with E-state index in [-0.39, 0.29) is 22.3 Å². The molecule has 1 aliphatic rings. The second-order valence-corrected chi connectivity index (χ2v) is 11.8. The quantitative estimate of drug-likeness (QED) is 0.0463. The Balaban J connectivity index is 1.45. The Labute approximate surface area is 251 Å². The zero-order valence-electron chi connectivity index (χ0n) is 22.9. The van der Waals surface area contributed by atoms with Crippen molar-refractivity contribution in [2.45, 2.75) is 48.7 Å². The number of halogens is 1. The van der Waals surface area contributed by atoms with Crippen molar-refractivity contribution in [3.05, 3.63) is 101 Å². The number of aliphatic hydroxyl groups is 1. The summed E-state index contributed by atoms with van der Waals surface area (Å²) < 4.78 is 20.5. The van der Waals surface area contributed by atoms with Gasteiger partial charge in [0.05, 0.1) is 18.2 Å². The van der Waals surface area contributed by atoms with Crippen LogP contribution in [-0.2, 0) is 15.3 Å². The molecule has 1 unspecified atom stereocenters. The second-order valence-electron chi connectivity index (χ2n) is 9.61. The molecular formula is C31H29FN4O4S2. The number of aromatic nitrogens is 3. The zero-order valence-corrected chi connectivity index (χ0v) is 24.5. The van der Waals surface area contributed by atoms with Crippen LogP contribution in [0.3, 0.4) is 0 Å². The van der Waals surface area contributed by atoms with Crippen molar-refractivity contribution in [1.29, 1.82) is 0 Å². The fourth-order valence-corrected chi connectivity index (χ4v) is 6.44. The normalized spacial score (nSPS) is 16.2. The molecule has 1 saturated heterocycles. The number of rotatable bonds is 12. The number of hydrogen-bond acceptors (Lipinski definition) is 9. The van der Waals surface area contributed by atoms with Crippen LogP contribution < -0.4 is 9.64 Å². The summed E-state index contributed by atoms with van der Waals surface area (Å²) in [7, 11) is 0. The Kier molecular flexibility index (Phi) is 9.60. The maximum absolute atomic E-state index is 14.1. The first-order valence-corrected chi connectivity index (χ1v) is 15.4. The predicted octanol–water partition coefficient (Wildman–Crippen LogP) is 6.95. The van der Waals surface area contributed by atoms with Gasteiger partial charge in [0.2, 0.25) is 5.13 Å². The molecule has 11 heteroatoms. The Morgan fingerprint density at radius 3 is 2.52 bits per heavy atom. The number of carbonyl (C=O) groups excluding carboxylic acids is 2. The van der Waals surface area contributed by atoms with Crippen molar-refractivity contribution in [3.63, 3.8) is 0 Å². The van der Waals surface area contributed by atoms with Crippen molar-refractivity contribution in [2.75, 3.05) is 11.5 Å². The van der Waals surface area contributed by atoms with Crippen LogP contribution in [0.15, 0.2) is 83.0 Å². The summed E-state index contributed by atoms with van der Waals surface area (Å²) in [4.78, 5) is 32.1. The first-order valence-electron chi connectivity index (χ1n) is 13.6. The van der Waals surface area contributed by atoms with Crippen LogP contribution in [-0.4, -0.2) is 38.6 Å². The van der Waals surface area contributed by atoms with E-state index >= 15 is 0 Å². The summed E-state index contributed by atoms with van der Waals surface area (Å²) >= 11 is 2.40. The minimum absolute atomic E-state index is 0.0600. The molecule has 42 heavy (non-hydrogen) atoms. The smallest absolute Gasteiger partial charge is 0.301 e. The zero-order chi connectivity index (χ0) is 29.5. The van der Waals surface area contributed by atoms with Gasteiger partial charge in [0.1, 0.15) is 17.3 Å². The number of hydrogen-bond donors (Lipinski definition) is 1. The number of nitrogens with zero attached hydrogens (tertiary/aromatic N) is 4. The van der Waals surface area contributed by atoms with E-state index in [4.69, 9.17) is 4.74 Å². The molecule has 1 aliphatic heterocycles. The topological polar surface area (TPSA) is 106 Å². The van der Waals surface area contributed by atoms with Gasteiger partial charge >= 0.3 is 5.91 Å². The number of unbranched alkanes of at least 4 members (excludes halogenated alkanes) is 3. The first kappa shape index (κ1) is 29.4. The third kappa shape index (κ3) is 6.52. The van der Waals surface area contributed by atoms with E-state index in [1.54, 1.807) is 54.6 Å². The van der Waals surface area contributed by atoms with E-state index < -0.39 is 17.7 Å². The summed E-state index contributed by atoms with van der Waals surface area (Å²) in [6, 6.07) is 15.8. The van der Waals surface area contributed by atoms with E-state index in [1.165, 1.54) is 35.1 Å². The van der Waals surface area contributed by atoms with Gasteiger partial charge in [0.25, 0.3) is 5.78 Å². The molecule has 5 rings (SSSR count). The average molecular weight is 605 g/mol. The summed E-state index contributed by atoms with van der Waals surface area (Å²) in [6.45, 7) is 2.75. The lowest BCUT2D eigenvalue weighted by molar-refractivity contribution is -0.132. The van der Waals surface area contributed by atoms with Crippen molar-refractivity contribution in [1.82, 2.24) is 15.2 Å². The van der Waals surface area contributed by atoms with E-state index in [0.717, 1.165) is 37.0 Å². The van der Waals surface area contributed by atoms with Gasteiger partial charge in [-0.3, -0.25) is 19.5 Å². The summed E-state index contributed by atoms with van der Waals surface area (Å²) in [5.74, 6) is -1.28. The molecule has 0 bridgehead atoms. The van der Waals surface area contributed by atoms with Crippen LogP contribution in [0.2, 0.25) is 0 Å². The lowest BCUT2D eigenvalue weighted by atomic mass is 9.95. The maximum atomic E-state index is 14.1. The highest BCUT2D eigenvalue weighted by Gasteiger charge is 2.48. The number of ketones is 1. The molecule has 1 amide bonds. The van der Waals surface area contributed by atoms with Gasteiger partial charge in [-0.05, 0) is 47.9 Å². The minimum Gasteiger partial charge on any atom is -0.507 e. The van der Waals surface area contributed by atoms with Gasteiger partial charge in [0.15, 0.2) is 4.34 Å². The highest BCUT2D eigenvalue weighted by Crippen LogP contribution is 2.44. The third-order valence-corrected chi connectivity index (χ3v) is 8.88. The molecular weight excluding hydrogens is 575 g/mol. The molecule has 2 aromatic heterocycles. The molecule has 8 nitrogen and oxygen atoms in total. The SMILES string of the molecule is CCCCCCOc1ccc(C2/C(=C(\O)c3ccncc3)C(=O)C(=O)N2c2nnc(SCc3ccccc3F)s2)cc1. The molecule has 4 aromatic rings. The molecule has 1 N–H and O–H groups in total. The maximum Gasteiger partial charge on any atom is 0.301 e. The molecule has 1 atom stereocenters. The molecule has 2 aromatic carbocycles. The molecule has 0 saturated carbocycles. The van der Waals surface area contributed by atoms with Crippen LogP contribution >= 0.6 is 23.1 Å². The van der Waals surface area contributed by atoms with E-state index in [9.17, 15) is 19.1 Å². The first-order chi connectivity index (χ1) is 20.5. The van der Waals surface area contributed by atoms with Gasteiger partial charge < -0.3 is 9.84 Å². The second kappa shape index (κ2) is 13.7. The summed E-state index contributed by atoms with van der Waals surface area (Å²) in [5, 5.41) is 19.8. The molecule has 0 aliphatic carbocycles. The average Bonchev–Trinajstić information content (AvgIpc) is 3.58. The van der Waals surface area contributed by atoms with Gasteiger partial charge in [-0.25, -0.2) is 4.39 Å². The van der Waals surface area contributed by atoms with Crippen LogP contribution in [0.25, 0.3) is 5.76 Å². The summed E-state index contributed by atoms with van der Waals surface area (Å²) in [6.07, 6.45) is 7.35. The highest BCUT2D eigenvalue weighted by molar-refractivity contribution is 8.00. The fourth-order valence-electron chi connectivity index (χ4n) is 4.59. The molecule has 3 heterocycles. The third-order valence-electron chi connectivity index (χ3n) is 6.77. The lowest BCUT2D eigenvalue weighted by Gasteiger charge is -2.22. The number of pyridine rings is 1. The van der Waals surface area contributed by atoms with Gasteiger partial charge in [-0.2, -0.15) is 0 Å². The van der Waals surface area contributed by atoms with E-state index in [0.29, 0.717) is 39.1 Å². The molecule has 0 spiro atoms. The van der Waals surface area contributed by atoms with Crippen molar-refractivity contribution < 1.29 is 23.8 Å². The molecule has 216 valence electrons. The molecule has 1 fully saturated rings. The highest BCUT2D eigenvalue weighted by atomic mass is 32.2. The number of thioether (sulfide) groups is 1. The monoisotopic (exact) mass is 604 g/mol. The van der Waals surface area contributed by atoms with Crippen LogP contribution in [0.5, 0.6) is 5.75 Å². The van der Waals surface area contributed by atoms with Gasteiger partial charge in [-0.15, -0.1) is 10.2 Å². The van der Waals surface area contributed by atoms with Gasteiger partial charge in [-0.1, -0.05) is 79.6 Å². The lowest BCUT2D eigenvalue weighted by Crippen LogP contribution is -2.29. The number of ether oxygens (including phenoxy) is 1. The number of aliphatic hydroxyl groups excluding tert-OH is 1. The number of benzene rings is 2. The van der Waals surface area contributed by atoms with Crippen LogP contribution in [0, 0.1) is 5.82 Å². The van der Waals surface area contributed by atoms with Crippen LogP contribution in [0.1, 0.15) is 55.3 Å². The Morgan fingerprint density at radius 2 is 1.79 bits per heavy atom.